The van der Waals surface area contributed by atoms with E-state index in [1.54, 1.807) is 5.32 Å². The number of carbonyl (C=O) groups excluding carboxylic acids is 1. The van der Waals surface area contributed by atoms with Gasteiger partial charge in [0.15, 0.2) is 11.6 Å². The van der Waals surface area contributed by atoms with Gasteiger partial charge in [-0.05, 0) is 17.1 Å². The molecule has 1 amide bonds. The number of halogens is 3. The fourth-order valence-electron chi connectivity index (χ4n) is 0.916. The summed E-state index contributed by atoms with van der Waals surface area (Å²) in [5.74, 6) is -5.97. The Bertz CT molecular complexity index is 452. The molecule has 0 bridgehead atoms. The van der Waals surface area contributed by atoms with Crippen LogP contribution in [0.1, 0.15) is 10.4 Å². The van der Waals surface area contributed by atoms with E-state index >= 15 is 0 Å². The van der Waals surface area contributed by atoms with Crippen molar-refractivity contribution in [3.8, 4) is 0 Å². The third-order valence-electron chi connectivity index (χ3n) is 1.61. The molecule has 1 N–H and O–H groups in total. The average molecular weight is 252 g/mol. The van der Waals surface area contributed by atoms with E-state index < -0.39 is 45.9 Å². The van der Waals surface area contributed by atoms with Gasteiger partial charge in [0.25, 0.3) is 5.91 Å². The normalized spacial score (nSPS) is 12.2. The van der Waals surface area contributed by atoms with Crippen molar-refractivity contribution >= 4 is 17.0 Å². The number of carbonyl (C=O) groups is 1. The van der Waals surface area contributed by atoms with Crippen LogP contribution < -0.4 is 5.32 Å². The molecular weight excluding hydrogens is 247 g/mol. The molecule has 8 heteroatoms. The Hall–Kier alpha value is -1.41. The molecule has 1 aromatic rings. The van der Waals surface area contributed by atoms with Crippen molar-refractivity contribution in [2.75, 3.05) is 5.88 Å². The molecule has 0 saturated heterocycles. The Balaban J connectivity index is 2.91. The summed E-state index contributed by atoms with van der Waals surface area (Å²) in [7, 11) is 0. The first-order valence-electron chi connectivity index (χ1n) is 3.90. The molecule has 88 valence electrons. The van der Waals surface area contributed by atoms with Crippen LogP contribution in [-0.4, -0.2) is 20.5 Å². The molecule has 1 unspecified atom stereocenters. The highest BCUT2D eigenvalue weighted by Gasteiger charge is 2.15. The molecule has 0 saturated carbocycles. The lowest BCUT2D eigenvalue weighted by Crippen LogP contribution is -2.27. The number of rotatable bonds is 3. The van der Waals surface area contributed by atoms with Gasteiger partial charge in [0, 0.05) is 6.07 Å². The van der Waals surface area contributed by atoms with E-state index in [1.807, 2.05) is 0 Å². The highest BCUT2D eigenvalue weighted by atomic mass is 32.2. The SMILES string of the molecule is O=C(NCS(=O)[O-])c1cc(F)c(F)cc1F. The Morgan fingerprint density at radius 1 is 1.25 bits per heavy atom. The highest BCUT2D eigenvalue weighted by molar-refractivity contribution is 7.79. The Labute approximate surface area is 90.7 Å². The lowest BCUT2D eigenvalue weighted by Gasteiger charge is -2.08. The summed E-state index contributed by atoms with van der Waals surface area (Å²) >= 11 is -2.55. The lowest BCUT2D eigenvalue weighted by atomic mass is 10.2. The van der Waals surface area contributed by atoms with Crippen molar-refractivity contribution in [1.82, 2.24) is 5.32 Å². The van der Waals surface area contributed by atoms with Crippen LogP contribution in [0.15, 0.2) is 12.1 Å². The minimum atomic E-state index is -2.55. The molecule has 0 aliphatic heterocycles. The van der Waals surface area contributed by atoms with Crippen LogP contribution in [0.4, 0.5) is 13.2 Å². The summed E-state index contributed by atoms with van der Waals surface area (Å²) in [5.41, 5.74) is -0.760. The van der Waals surface area contributed by atoms with Gasteiger partial charge in [-0.25, -0.2) is 13.2 Å². The van der Waals surface area contributed by atoms with Crippen LogP contribution in [-0.2, 0) is 11.1 Å². The summed E-state index contributed by atoms with van der Waals surface area (Å²) in [4.78, 5) is 11.1. The van der Waals surface area contributed by atoms with E-state index in [2.05, 4.69) is 0 Å². The van der Waals surface area contributed by atoms with Crippen LogP contribution in [0.2, 0.25) is 0 Å². The number of amides is 1. The fourth-order valence-corrected chi connectivity index (χ4v) is 1.17. The van der Waals surface area contributed by atoms with Crippen LogP contribution in [0.3, 0.4) is 0 Å². The maximum Gasteiger partial charge on any atom is 0.255 e. The summed E-state index contributed by atoms with van der Waals surface area (Å²) < 4.78 is 58.3. The van der Waals surface area contributed by atoms with Gasteiger partial charge in [0.05, 0.1) is 11.4 Å². The highest BCUT2D eigenvalue weighted by Crippen LogP contribution is 2.13. The fraction of sp³-hybridized carbons (Fsp3) is 0.125. The van der Waals surface area contributed by atoms with Gasteiger partial charge in [-0.15, -0.1) is 0 Å². The van der Waals surface area contributed by atoms with Gasteiger partial charge >= 0.3 is 0 Å². The zero-order chi connectivity index (χ0) is 12.3. The van der Waals surface area contributed by atoms with Crippen molar-refractivity contribution in [2.24, 2.45) is 0 Å². The molecule has 16 heavy (non-hydrogen) atoms. The Kier molecular flexibility index (Phi) is 4.02. The van der Waals surface area contributed by atoms with E-state index in [-0.39, 0.29) is 6.07 Å². The zero-order valence-electron chi connectivity index (χ0n) is 7.63. The van der Waals surface area contributed by atoms with Gasteiger partial charge in [-0.2, -0.15) is 0 Å². The van der Waals surface area contributed by atoms with Gasteiger partial charge < -0.3 is 9.87 Å². The van der Waals surface area contributed by atoms with Gasteiger partial charge in [0.1, 0.15) is 5.82 Å². The maximum atomic E-state index is 13.0. The minimum Gasteiger partial charge on any atom is -0.771 e. The van der Waals surface area contributed by atoms with E-state index in [4.69, 9.17) is 0 Å². The largest absolute Gasteiger partial charge is 0.771 e. The average Bonchev–Trinajstić information content (AvgIpc) is 2.20. The molecule has 0 radical (unpaired) electrons. The monoisotopic (exact) mass is 252 g/mol. The molecule has 0 aromatic heterocycles. The predicted octanol–water partition coefficient (Wildman–Crippen LogP) is 0.670. The number of nitrogens with one attached hydrogen (secondary N) is 1. The number of hydrogen-bond acceptors (Lipinski definition) is 3. The molecule has 0 aliphatic carbocycles. The van der Waals surface area contributed by atoms with Crippen molar-refractivity contribution in [3.63, 3.8) is 0 Å². The Morgan fingerprint density at radius 3 is 2.38 bits per heavy atom. The molecular formula is C8H5F3NO3S-. The first-order chi connectivity index (χ1) is 7.41. The molecule has 0 aliphatic rings. The van der Waals surface area contributed by atoms with E-state index in [1.165, 1.54) is 0 Å². The molecule has 0 fully saturated rings. The second-order valence-corrected chi connectivity index (χ2v) is 3.60. The molecule has 1 rings (SSSR count). The van der Waals surface area contributed by atoms with Crippen LogP contribution in [0.25, 0.3) is 0 Å². The first-order valence-corrected chi connectivity index (χ1v) is 5.15. The third kappa shape index (κ3) is 3.04. The molecule has 1 aromatic carbocycles. The van der Waals surface area contributed by atoms with Crippen molar-refractivity contribution in [1.29, 1.82) is 0 Å². The summed E-state index contributed by atoms with van der Waals surface area (Å²) in [6.07, 6.45) is 0. The summed E-state index contributed by atoms with van der Waals surface area (Å²) in [5, 5.41) is 1.81. The maximum absolute atomic E-state index is 13.0. The topological polar surface area (TPSA) is 69.2 Å². The van der Waals surface area contributed by atoms with E-state index in [0.29, 0.717) is 6.07 Å². The minimum absolute atomic E-state index is 0.207. The van der Waals surface area contributed by atoms with Crippen molar-refractivity contribution in [3.05, 3.63) is 35.1 Å². The van der Waals surface area contributed by atoms with Crippen molar-refractivity contribution < 1.29 is 26.7 Å². The molecule has 0 heterocycles. The molecule has 0 spiro atoms. The van der Waals surface area contributed by atoms with Gasteiger partial charge in [-0.1, -0.05) is 0 Å². The van der Waals surface area contributed by atoms with Crippen LogP contribution in [0.5, 0.6) is 0 Å². The second kappa shape index (κ2) is 5.08. The van der Waals surface area contributed by atoms with E-state index in [0.717, 1.165) is 0 Å². The lowest BCUT2D eigenvalue weighted by molar-refractivity contribution is 0.0955. The summed E-state index contributed by atoms with van der Waals surface area (Å²) in [6, 6.07) is 0.562. The van der Waals surface area contributed by atoms with Gasteiger partial charge in [-0.3, -0.25) is 9.00 Å². The smallest absolute Gasteiger partial charge is 0.255 e. The Morgan fingerprint density at radius 2 is 1.81 bits per heavy atom. The third-order valence-corrected chi connectivity index (χ3v) is 1.99. The van der Waals surface area contributed by atoms with Crippen molar-refractivity contribution in [2.45, 2.75) is 0 Å². The van der Waals surface area contributed by atoms with Crippen LogP contribution >= 0.6 is 0 Å². The second-order valence-electron chi connectivity index (χ2n) is 2.70. The summed E-state index contributed by atoms with van der Waals surface area (Å²) in [6.45, 7) is 0. The van der Waals surface area contributed by atoms with Gasteiger partial charge in [0.2, 0.25) is 0 Å². The quantitative estimate of drug-likeness (QED) is 0.635. The molecule has 4 nitrogen and oxygen atoms in total. The number of hydrogen-bond donors (Lipinski definition) is 1. The van der Waals surface area contributed by atoms with E-state index in [9.17, 15) is 26.7 Å². The number of benzene rings is 1. The molecule has 1 atom stereocenters. The zero-order valence-corrected chi connectivity index (χ0v) is 8.45. The van der Waals surface area contributed by atoms with Crippen LogP contribution in [0, 0.1) is 17.5 Å². The predicted molar refractivity (Wildman–Crippen MR) is 47.6 cm³/mol. The standard InChI is InChI=1S/C8H6F3NO3S/c9-5-2-7(11)6(10)1-4(5)8(13)12-3-16(14)15/h1-2H,3H2,(H,12,13)(H,14,15)/p-1. The first kappa shape index (κ1) is 12.7.